The molecule has 1 amide bonds. The number of amides is 1. The summed E-state index contributed by atoms with van der Waals surface area (Å²) < 4.78 is 13.0. The summed E-state index contributed by atoms with van der Waals surface area (Å²) in [6.07, 6.45) is 1.50. The third-order valence-electron chi connectivity index (χ3n) is 2.47. The van der Waals surface area contributed by atoms with Crippen LogP contribution in [0.15, 0.2) is 53.7 Å². The minimum atomic E-state index is -0.543. The molecule has 1 N–H and O–H groups in total. The van der Waals surface area contributed by atoms with E-state index in [0.29, 0.717) is 5.69 Å². The molecule has 0 saturated heterocycles. The second-order valence-corrected chi connectivity index (χ2v) is 4.50. The molecule has 0 heterocycles. The summed E-state index contributed by atoms with van der Waals surface area (Å²) >= 11 is 5.61. The van der Waals surface area contributed by atoms with Crippen LogP contribution in [0.5, 0.6) is 0 Å². The Balaban J connectivity index is 1.79. The van der Waals surface area contributed by atoms with Gasteiger partial charge in [-0.15, -0.1) is 0 Å². The van der Waals surface area contributed by atoms with Crippen molar-refractivity contribution in [3.63, 3.8) is 0 Å². The van der Waals surface area contributed by atoms with Crippen LogP contribution in [0.3, 0.4) is 0 Å². The quantitative estimate of drug-likeness (QED) is 0.679. The molecular weight excluding hydrogens is 295 g/mol. The first kappa shape index (κ1) is 15.0. The minimum Gasteiger partial charge on any atom is -0.386 e. The molecular formula is C15H12ClFN2O2. The minimum absolute atomic E-state index is 0.0594. The second-order valence-electron chi connectivity index (χ2n) is 4.10. The van der Waals surface area contributed by atoms with E-state index >= 15 is 0 Å². The first-order chi connectivity index (χ1) is 10.1. The van der Waals surface area contributed by atoms with Gasteiger partial charge >= 0.3 is 0 Å². The van der Waals surface area contributed by atoms with Crippen molar-refractivity contribution >= 4 is 29.4 Å². The zero-order valence-electron chi connectivity index (χ0n) is 10.9. The zero-order valence-corrected chi connectivity index (χ0v) is 11.7. The summed E-state index contributed by atoms with van der Waals surface area (Å²) in [4.78, 5) is 16.4. The molecule has 0 aliphatic heterocycles. The molecule has 21 heavy (non-hydrogen) atoms. The van der Waals surface area contributed by atoms with Crippen LogP contribution in [-0.4, -0.2) is 18.7 Å². The molecule has 4 nitrogen and oxygen atoms in total. The molecule has 0 saturated carbocycles. The van der Waals surface area contributed by atoms with Crippen molar-refractivity contribution in [2.45, 2.75) is 0 Å². The van der Waals surface area contributed by atoms with E-state index in [1.165, 1.54) is 24.4 Å². The summed E-state index contributed by atoms with van der Waals surface area (Å²) in [5.41, 5.74) is 1.25. The van der Waals surface area contributed by atoms with E-state index in [2.05, 4.69) is 10.5 Å². The summed E-state index contributed by atoms with van der Waals surface area (Å²) in [5, 5.41) is 6.14. The van der Waals surface area contributed by atoms with Crippen molar-refractivity contribution in [2.24, 2.45) is 5.16 Å². The van der Waals surface area contributed by atoms with E-state index < -0.39 is 11.7 Å². The van der Waals surface area contributed by atoms with Gasteiger partial charge in [0.25, 0.3) is 5.91 Å². The number of carbonyl (C=O) groups is 1. The van der Waals surface area contributed by atoms with Gasteiger partial charge in [0.2, 0.25) is 0 Å². The highest BCUT2D eigenvalue weighted by molar-refractivity contribution is 6.31. The Morgan fingerprint density at radius 1 is 1.29 bits per heavy atom. The van der Waals surface area contributed by atoms with Gasteiger partial charge < -0.3 is 10.2 Å². The smallest absolute Gasteiger partial charge is 0.265 e. The lowest BCUT2D eigenvalue weighted by Crippen LogP contribution is -2.17. The lowest BCUT2D eigenvalue weighted by molar-refractivity contribution is -0.120. The molecule has 0 aromatic heterocycles. The molecule has 0 bridgehead atoms. The molecule has 0 atom stereocenters. The van der Waals surface area contributed by atoms with Crippen LogP contribution in [0.1, 0.15) is 5.56 Å². The number of nitrogens with one attached hydrogen (secondary N) is 1. The van der Waals surface area contributed by atoms with E-state index in [1.54, 1.807) is 0 Å². The molecule has 2 rings (SSSR count). The lowest BCUT2D eigenvalue weighted by atomic mass is 10.2. The van der Waals surface area contributed by atoms with Gasteiger partial charge in [0.1, 0.15) is 5.82 Å². The Hall–Kier alpha value is -2.40. The predicted octanol–water partition coefficient (Wildman–Crippen LogP) is 3.47. The third kappa shape index (κ3) is 4.89. The van der Waals surface area contributed by atoms with E-state index in [4.69, 9.17) is 16.4 Å². The molecule has 0 aliphatic carbocycles. The van der Waals surface area contributed by atoms with Crippen molar-refractivity contribution in [1.29, 1.82) is 0 Å². The van der Waals surface area contributed by atoms with Crippen LogP contribution < -0.4 is 5.32 Å². The molecule has 0 spiro atoms. The van der Waals surface area contributed by atoms with Crippen molar-refractivity contribution < 1.29 is 14.0 Å². The largest absolute Gasteiger partial charge is 0.386 e. The number of oxime groups is 1. The molecule has 2 aromatic carbocycles. The predicted molar refractivity (Wildman–Crippen MR) is 80.0 cm³/mol. The standard InChI is InChI=1S/C15H12ClFN2O2/c16-13-8-12(6-7-14(13)17)19-15(20)10-21-18-9-11-4-2-1-3-5-11/h1-9H,10H2,(H,19,20)/b18-9+. The van der Waals surface area contributed by atoms with E-state index in [-0.39, 0.29) is 11.6 Å². The highest BCUT2D eigenvalue weighted by Gasteiger charge is 2.05. The number of hydrogen-bond donors (Lipinski definition) is 1. The summed E-state index contributed by atoms with van der Waals surface area (Å²) in [6.45, 7) is -0.252. The van der Waals surface area contributed by atoms with Gasteiger partial charge in [0.15, 0.2) is 6.61 Å². The number of benzene rings is 2. The highest BCUT2D eigenvalue weighted by atomic mass is 35.5. The molecule has 0 aliphatic rings. The molecule has 0 radical (unpaired) electrons. The number of anilines is 1. The van der Waals surface area contributed by atoms with Gasteiger partial charge in [-0.3, -0.25) is 4.79 Å². The molecule has 0 fully saturated rings. The lowest BCUT2D eigenvalue weighted by Gasteiger charge is -2.05. The zero-order chi connectivity index (χ0) is 15.1. The fourth-order valence-corrected chi connectivity index (χ4v) is 1.68. The Labute approximate surface area is 126 Å². The van der Waals surface area contributed by atoms with Gasteiger partial charge in [-0.2, -0.15) is 0 Å². The second kappa shape index (κ2) is 7.40. The van der Waals surface area contributed by atoms with Crippen molar-refractivity contribution in [3.8, 4) is 0 Å². The fraction of sp³-hybridized carbons (Fsp3) is 0.0667. The van der Waals surface area contributed by atoms with Crippen LogP contribution in [0, 0.1) is 5.82 Å². The first-order valence-corrected chi connectivity index (χ1v) is 6.48. The number of halogens is 2. The SMILES string of the molecule is O=C(CO/N=C/c1ccccc1)Nc1ccc(F)c(Cl)c1. The number of hydrogen-bond acceptors (Lipinski definition) is 3. The van der Waals surface area contributed by atoms with Gasteiger partial charge in [-0.1, -0.05) is 47.1 Å². The molecule has 6 heteroatoms. The van der Waals surface area contributed by atoms with Crippen molar-refractivity contribution in [1.82, 2.24) is 0 Å². The number of rotatable bonds is 5. The Morgan fingerprint density at radius 3 is 2.76 bits per heavy atom. The highest BCUT2D eigenvalue weighted by Crippen LogP contribution is 2.19. The molecule has 0 unspecified atom stereocenters. The van der Waals surface area contributed by atoms with Crippen LogP contribution in [-0.2, 0) is 9.63 Å². The average molecular weight is 307 g/mol. The Bertz CT molecular complexity index is 647. The van der Waals surface area contributed by atoms with E-state index in [0.717, 1.165) is 5.56 Å². The third-order valence-corrected chi connectivity index (χ3v) is 2.76. The maximum Gasteiger partial charge on any atom is 0.265 e. The Kier molecular flexibility index (Phi) is 5.29. The number of carbonyl (C=O) groups excluding carboxylic acids is 1. The van der Waals surface area contributed by atoms with Crippen LogP contribution in [0.2, 0.25) is 5.02 Å². The average Bonchev–Trinajstić information content (AvgIpc) is 2.49. The summed E-state index contributed by atoms with van der Waals surface area (Å²) in [5.74, 6) is -0.957. The van der Waals surface area contributed by atoms with Crippen LogP contribution in [0.25, 0.3) is 0 Å². The normalized spacial score (nSPS) is 10.6. The summed E-state index contributed by atoms with van der Waals surface area (Å²) in [6, 6.07) is 13.2. The van der Waals surface area contributed by atoms with Gasteiger partial charge in [0, 0.05) is 5.69 Å². The number of nitrogens with zero attached hydrogens (tertiary/aromatic N) is 1. The van der Waals surface area contributed by atoms with Crippen LogP contribution >= 0.6 is 11.6 Å². The van der Waals surface area contributed by atoms with Crippen molar-refractivity contribution in [2.75, 3.05) is 11.9 Å². The maximum atomic E-state index is 13.0. The van der Waals surface area contributed by atoms with E-state index in [9.17, 15) is 9.18 Å². The molecule has 2 aromatic rings. The van der Waals surface area contributed by atoms with Gasteiger partial charge in [-0.05, 0) is 23.8 Å². The fourth-order valence-electron chi connectivity index (χ4n) is 1.50. The Morgan fingerprint density at radius 2 is 2.05 bits per heavy atom. The van der Waals surface area contributed by atoms with E-state index in [1.807, 2.05) is 30.3 Å². The topological polar surface area (TPSA) is 50.7 Å². The first-order valence-electron chi connectivity index (χ1n) is 6.10. The van der Waals surface area contributed by atoms with Gasteiger partial charge in [0.05, 0.1) is 11.2 Å². The maximum absolute atomic E-state index is 13.0. The van der Waals surface area contributed by atoms with Gasteiger partial charge in [-0.25, -0.2) is 4.39 Å². The van der Waals surface area contributed by atoms with Crippen LogP contribution in [0.4, 0.5) is 10.1 Å². The molecule has 108 valence electrons. The summed E-state index contributed by atoms with van der Waals surface area (Å²) in [7, 11) is 0. The monoisotopic (exact) mass is 306 g/mol. The van der Waals surface area contributed by atoms with Crippen molar-refractivity contribution in [3.05, 3.63) is 64.9 Å².